The molecular formula is C49H94O6. The second-order valence-electron chi connectivity index (χ2n) is 17.2. The number of hydrogen-bond acceptors (Lipinski definition) is 6. The molecule has 0 amide bonds. The lowest BCUT2D eigenvalue weighted by Crippen LogP contribution is -2.30. The number of esters is 3. The Kier molecular flexibility index (Phi) is 42.3. The average Bonchev–Trinajstić information content (AvgIpc) is 3.17. The van der Waals surface area contributed by atoms with Gasteiger partial charge >= 0.3 is 17.9 Å². The van der Waals surface area contributed by atoms with Crippen LogP contribution in [-0.2, 0) is 28.6 Å². The first kappa shape index (κ1) is 53.4. The highest BCUT2D eigenvalue weighted by atomic mass is 16.6. The predicted octanol–water partition coefficient (Wildman–Crippen LogP) is 15.5. The quantitative estimate of drug-likeness (QED) is 0.0348. The van der Waals surface area contributed by atoms with E-state index in [4.69, 9.17) is 14.2 Å². The van der Waals surface area contributed by atoms with Gasteiger partial charge in [0.2, 0.25) is 0 Å². The van der Waals surface area contributed by atoms with Gasteiger partial charge in [-0.05, 0) is 25.2 Å². The van der Waals surface area contributed by atoms with Gasteiger partial charge in [0, 0.05) is 19.3 Å². The Morgan fingerprint density at radius 3 is 0.891 bits per heavy atom. The minimum absolute atomic E-state index is 0.0635. The Balaban J connectivity index is 4.29. The summed E-state index contributed by atoms with van der Waals surface area (Å²) in [6, 6.07) is 0. The van der Waals surface area contributed by atoms with Crippen LogP contribution in [0.2, 0.25) is 0 Å². The Hall–Kier alpha value is -1.59. The lowest BCUT2D eigenvalue weighted by molar-refractivity contribution is -0.167. The first-order valence-corrected chi connectivity index (χ1v) is 24.4. The molecule has 1 atom stereocenters. The van der Waals surface area contributed by atoms with Crippen molar-refractivity contribution in [1.82, 2.24) is 0 Å². The summed E-state index contributed by atoms with van der Waals surface area (Å²) < 4.78 is 16.7. The number of ether oxygens (including phenoxy) is 3. The summed E-state index contributed by atoms with van der Waals surface area (Å²) in [5, 5.41) is 0. The highest BCUT2D eigenvalue weighted by molar-refractivity contribution is 5.71. The van der Waals surface area contributed by atoms with E-state index in [2.05, 4.69) is 27.7 Å². The van der Waals surface area contributed by atoms with Crippen molar-refractivity contribution in [3.05, 3.63) is 0 Å². The van der Waals surface area contributed by atoms with E-state index in [1.54, 1.807) is 0 Å². The molecule has 0 aromatic rings. The summed E-state index contributed by atoms with van der Waals surface area (Å²) in [6.45, 7) is 8.98. The fourth-order valence-corrected chi connectivity index (χ4v) is 7.33. The maximum absolute atomic E-state index is 12.7. The van der Waals surface area contributed by atoms with Crippen LogP contribution in [0.3, 0.4) is 0 Å². The third-order valence-corrected chi connectivity index (χ3v) is 11.0. The molecule has 0 N–H and O–H groups in total. The highest BCUT2D eigenvalue weighted by Crippen LogP contribution is 2.16. The monoisotopic (exact) mass is 779 g/mol. The molecule has 0 spiro atoms. The van der Waals surface area contributed by atoms with Gasteiger partial charge in [0.25, 0.3) is 0 Å². The van der Waals surface area contributed by atoms with Gasteiger partial charge in [-0.25, -0.2) is 0 Å². The van der Waals surface area contributed by atoms with Crippen molar-refractivity contribution >= 4 is 17.9 Å². The van der Waals surface area contributed by atoms with E-state index in [-0.39, 0.29) is 31.1 Å². The molecule has 6 heteroatoms. The van der Waals surface area contributed by atoms with Crippen molar-refractivity contribution in [3.8, 4) is 0 Å². The maximum atomic E-state index is 12.7. The molecule has 0 aliphatic heterocycles. The van der Waals surface area contributed by atoms with Crippen molar-refractivity contribution in [2.75, 3.05) is 13.2 Å². The van der Waals surface area contributed by atoms with E-state index in [0.717, 1.165) is 63.7 Å². The van der Waals surface area contributed by atoms with Crippen molar-refractivity contribution < 1.29 is 28.6 Å². The van der Waals surface area contributed by atoms with Crippen LogP contribution in [0.15, 0.2) is 0 Å². The van der Waals surface area contributed by atoms with Gasteiger partial charge in [-0.2, -0.15) is 0 Å². The number of hydrogen-bond donors (Lipinski definition) is 0. The highest BCUT2D eigenvalue weighted by Gasteiger charge is 2.19. The summed E-state index contributed by atoms with van der Waals surface area (Å²) in [5.41, 5.74) is 0. The summed E-state index contributed by atoms with van der Waals surface area (Å²) in [5.74, 6) is -0.0452. The SMILES string of the molecule is CCCCCCCCCCCCCCCCCC(=O)OC[C@@H](COC(=O)CCCCCCCCCCCC)OC(=O)CCCCCCCCCCCC(C)C. The molecule has 0 saturated heterocycles. The molecule has 0 saturated carbocycles. The van der Waals surface area contributed by atoms with Gasteiger partial charge in [-0.3, -0.25) is 14.4 Å². The summed E-state index contributed by atoms with van der Waals surface area (Å²) in [4.78, 5) is 37.8. The summed E-state index contributed by atoms with van der Waals surface area (Å²) >= 11 is 0. The second kappa shape index (κ2) is 43.5. The Morgan fingerprint density at radius 1 is 0.345 bits per heavy atom. The third kappa shape index (κ3) is 43.4. The molecule has 0 radical (unpaired) electrons. The largest absolute Gasteiger partial charge is 0.462 e. The van der Waals surface area contributed by atoms with Crippen LogP contribution in [-0.4, -0.2) is 37.2 Å². The molecule has 0 rings (SSSR count). The first-order chi connectivity index (χ1) is 26.9. The molecule has 0 aliphatic carbocycles. The lowest BCUT2D eigenvalue weighted by Gasteiger charge is -2.18. The van der Waals surface area contributed by atoms with Crippen LogP contribution in [0.1, 0.15) is 272 Å². The minimum atomic E-state index is -0.759. The van der Waals surface area contributed by atoms with Gasteiger partial charge in [-0.1, -0.05) is 233 Å². The number of carbonyl (C=O) groups excluding carboxylic acids is 3. The first-order valence-electron chi connectivity index (χ1n) is 24.4. The summed E-state index contributed by atoms with van der Waals surface area (Å²) in [6.07, 6.45) is 43.7. The topological polar surface area (TPSA) is 78.9 Å². The zero-order valence-electron chi connectivity index (χ0n) is 37.4. The van der Waals surface area contributed by atoms with Crippen molar-refractivity contribution in [2.45, 2.75) is 278 Å². The van der Waals surface area contributed by atoms with Gasteiger partial charge < -0.3 is 14.2 Å². The Morgan fingerprint density at radius 2 is 0.600 bits per heavy atom. The van der Waals surface area contributed by atoms with Crippen LogP contribution in [0.4, 0.5) is 0 Å². The van der Waals surface area contributed by atoms with E-state index in [1.165, 1.54) is 167 Å². The fraction of sp³-hybridized carbons (Fsp3) is 0.939. The van der Waals surface area contributed by atoms with E-state index in [9.17, 15) is 14.4 Å². The molecule has 0 heterocycles. The summed E-state index contributed by atoms with van der Waals surface area (Å²) in [7, 11) is 0. The van der Waals surface area contributed by atoms with Crippen LogP contribution < -0.4 is 0 Å². The normalized spacial score (nSPS) is 11.9. The average molecular weight is 779 g/mol. The third-order valence-electron chi connectivity index (χ3n) is 11.0. The van der Waals surface area contributed by atoms with E-state index in [0.29, 0.717) is 19.3 Å². The van der Waals surface area contributed by atoms with Crippen LogP contribution in [0, 0.1) is 5.92 Å². The van der Waals surface area contributed by atoms with E-state index in [1.807, 2.05) is 0 Å². The second-order valence-corrected chi connectivity index (χ2v) is 17.2. The van der Waals surface area contributed by atoms with Crippen LogP contribution in [0.5, 0.6) is 0 Å². The number of rotatable bonds is 44. The van der Waals surface area contributed by atoms with Gasteiger partial charge in [0.05, 0.1) is 0 Å². The van der Waals surface area contributed by atoms with Crippen molar-refractivity contribution in [2.24, 2.45) is 5.92 Å². The number of carbonyl (C=O) groups is 3. The molecule has 326 valence electrons. The molecule has 0 aliphatic rings. The molecule has 55 heavy (non-hydrogen) atoms. The molecule has 0 fully saturated rings. The smallest absolute Gasteiger partial charge is 0.306 e. The molecular weight excluding hydrogens is 685 g/mol. The molecule has 6 nitrogen and oxygen atoms in total. The minimum Gasteiger partial charge on any atom is -0.462 e. The molecule has 0 aromatic heterocycles. The Labute approximate surface area is 342 Å². The van der Waals surface area contributed by atoms with Crippen LogP contribution in [0.25, 0.3) is 0 Å². The fourth-order valence-electron chi connectivity index (χ4n) is 7.33. The maximum Gasteiger partial charge on any atom is 0.306 e. The standard InChI is InChI=1S/C49H94O6/c1-5-7-9-11-13-15-17-18-19-20-21-25-29-33-37-41-48(51)54-44-46(43-53-47(50)40-36-32-28-24-16-14-12-10-8-6-2)55-49(52)42-38-34-30-26-22-23-27-31-35-39-45(3)4/h45-46H,5-44H2,1-4H3/t46-/m1/s1. The molecule has 0 aromatic carbocycles. The Bertz CT molecular complexity index is 826. The van der Waals surface area contributed by atoms with Crippen LogP contribution >= 0.6 is 0 Å². The van der Waals surface area contributed by atoms with Crippen molar-refractivity contribution in [3.63, 3.8) is 0 Å². The molecule has 0 unspecified atom stereocenters. The van der Waals surface area contributed by atoms with Gasteiger partial charge in [-0.15, -0.1) is 0 Å². The lowest BCUT2D eigenvalue weighted by atomic mass is 10.0. The van der Waals surface area contributed by atoms with E-state index >= 15 is 0 Å². The van der Waals surface area contributed by atoms with Gasteiger partial charge in [0.15, 0.2) is 6.10 Å². The van der Waals surface area contributed by atoms with Crippen molar-refractivity contribution in [1.29, 1.82) is 0 Å². The zero-order valence-corrected chi connectivity index (χ0v) is 37.4. The predicted molar refractivity (Wildman–Crippen MR) is 233 cm³/mol. The van der Waals surface area contributed by atoms with E-state index < -0.39 is 6.10 Å². The van der Waals surface area contributed by atoms with Gasteiger partial charge in [0.1, 0.15) is 13.2 Å². The number of unbranched alkanes of at least 4 members (excludes halogenated alkanes) is 31. The zero-order chi connectivity index (χ0) is 40.3. The molecule has 0 bridgehead atoms.